The lowest BCUT2D eigenvalue weighted by Crippen LogP contribution is -2.42. The summed E-state index contributed by atoms with van der Waals surface area (Å²) in [4.78, 5) is 29.0. The van der Waals surface area contributed by atoms with Gasteiger partial charge in [-0.25, -0.2) is 0 Å². The molecule has 0 radical (unpaired) electrons. The molecule has 0 fully saturated rings. The Bertz CT molecular complexity index is 500. The number of hydrogen-bond donors (Lipinski definition) is 0. The summed E-state index contributed by atoms with van der Waals surface area (Å²) in [6.07, 6.45) is 0.477. The second-order valence-corrected chi connectivity index (χ2v) is 5.75. The number of likely N-dealkylation sites (N-methyl/N-ethyl adjacent to an activating group) is 1. The fraction of sp³-hybridized carbons (Fsp3) is 0.467. The van der Waals surface area contributed by atoms with Crippen LogP contribution in [0.4, 0.5) is 5.69 Å². The highest BCUT2D eigenvalue weighted by Gasteiger charge is 2.25. The van der Waals surface area contributed by atoms with Crippen LogP contribution in [0.1, 0.15) is 20.3 Å². The Morgan fingerprint density at radius 2 is 2.00 bits per heavy atom. The van der Waals surface area contributed by atoms with Crippen molar-refractivity contribution in [2.45, 2.75) is 25.2 Å². The summed E-state index contributed by atoms with van der Waals surface area (Å²) < 4.78 is 0. The lowest BCUT2D eigenvalue weighted by Gasteiger charge is -2.26. The molecule has 0 aliphatic carbocycles. The van der Waals surface area contributed by atoms with Crippen LogP contribution in [0.5, 0.6) is 0 Å². The Balaban J connectivity index is 2.24. The zero-order chi connectivity index (χ0) is 14.5. The molecular formula is C15H20N2O2S. The Kier molecular flexibility index (Phi) is 5.06. The van der Waals surface area contributed by atoms with Gasteiger partial charge in [0.2, 0.25) is 11.8 Å². The summed E-state index contributed by atoms with van der Waals surface area (Å²) in [5.41, 5.74) is 0.862. The lowest BCUT2D eigenvalue weighted by atomic mass is 10.2. The first kappa shape index (κ1) is 14.9. The number of fused-ring (bicyclic) bond motifs is 1. The molecule has 5 heteroatoms. The van der Waals surface area contributed by atoms with Crippen LogP contribution in [-0.4, -0.2) is 42.1 Å². The lowest BCUT2D eigenvalue weighted by molar-refractivity contribution is -0.131. The average Bonchev–Trinajstić information content (AvgIpc) is 2.61. The Hall–Kier alpha value is -1.49. The van der Waals surface area contributed by atoms with Crippen molar-refractivity contribution in [2.24, 2.45) is 0 Å². The van der Waals surface area contributed by atoms with Gasteiger partial charge in [-0.05, 0) is 26.0 Å². The average molecular weight is 292 g/mol. The monoisotopic (exact) mass is 292 g/mol. The minimum absolute atomic E-state index is 0.00468. The van der Waals surface area contributed by atoms with Gasteiger partial charge < -0.3 is 9.80 Å². The van der Waals surface area contributed by atoms with E-state index in [1.54, 1.807) is 21.6 Å². The van der Waals surface area contributed by atoms with Gasteiger partial charge in [0.15, 0.2) is 0 Å². The van der Waals surface area contributed by atoms with Gasteiger partial charge in [0.05, 0.1) is 5.69 Å². The van der Waals surface area contributed by atoms with Gasteiger partial charge in [0.1, 0.15) is 6.54 Å². The van der Waals surface area contributed by atoms with E-state index in [1.165, 1.54) is 0 Å². The minimum Gasteiger partial charge on any atom is -0.342 e. The predicted molar refractivity (Wildman–Crippen MR) is 82.1 cm³/mol. The summed E-state index contributed by atoms with van der Waals surface area (Å²) in [7, 11) is 0. The maximum Gasteiger partial charge on any atom is 0.242 e. The van der Waals surface area contributed by atoms with Gasteiger partial charge in [-0.15, -0.1) is 11.8 Å². The summed E-state index contributed by atoms with van der Waals surface area (Å²) >= 11 is 1.68. The van der Waals surface area contributed by atoms with Crippen molar-refractivity contribution in [1.82, 2.24) is 4.90 Å². The third kappa shape index (κ3) is 3.15. The van der Waals surface area contributed by atoms with Gasteiger partial charge in [0, 0.05) is 30.2 Å². The van der Waals surface area contributed by atoms with Crippen LogP contribution in [0, 0.1) is 0 Å². The van der Waals surface area contributed by atoms with Crippen LogP contribution in [-0.2, 0) is 9.59 Å². The van der Waals surface area contributed by atoms with Crippen LogP contribution in [0.15, 0.2) is 29.2 Å². The number of amides is 2. The van der Waals surface area contributed by atoms with Crippen LogP contribution in [0.3, 0.4) is 0 Å². The summed E-state index contributed by atoms with van der Waals surface area (Å²) in [5.74, 6) is 0.805. The molecule has 1 aromatic carbocycles. The van der Waals surface area contributed by atoms with E-state index in [0.717, 1.165) is 16.3 Å². The van der Waals surface area contributed by atoms with Crippen molar-refractivity contribution in [2.75, 3.05) is 30.3 Å². The Labute approximate surface area is 124 Å². The molecule has 0 N–H and O–H groups in total. The number of hydrogen-bond acceptors (Lipinski definition) is 3. The molecule has 1 heterocycles. The van der Waals surface area contributed by atoms with Crippen molar-refractivity contribution in [3.05, 3.63) is 24.3 Å². The Morgan fingerprint density at radius 3 is 2.70 bits per heavy atom. The molecule has 0 saturated heterocycles. The molecule has 0 bridgehead atoms. The first-order chi connectivity index (χ1) is 9.67. The second-order valence-electron chi connectivity index (χ2n) is 4.61. The number of para-hydroxylation sites is 1. The summed E-state index contributed by atoms with van der Waals surface area (Å²) in [5, 5.41) is 0. The zero-order valence-electron chi connectivity index (χ0n) is 12.0. The minimum atomic E-state index is 0.00468. The van der Waals surface area contributed by atoms with Crippen molar-refractivity contribution in [1.29, 1.82) is 0 Å². The number of anilines is 1. The first-order valence-corrected chi connectivity index (χ1v) is 7.95. The predicted octanol–water partition coefficient (Wildman–Crippen LogP) is 2.38. The Morgan fingerprint density at radius 1 is 1.30 bits per heavy atom. The van der Waals surface area contributed by atoms with E-state index in [9.17, 15) is 9.59 Å². The maximum atomic E-state index is 12.3. The van der Waals surface area contributed by atoms with E-state index in [1.807, 2.05) is 38.1 Å². The molecule has 108 valence electrons. The molecule has 2 amide bonds. The third-order valence-electron chi connectivity index (χ3n) is 3.44. The standard InChI is InChI=1S/C15H20N2O2S/c1-3-16(4-2)15(19)11-17-12-7-5-6-8-13(12)20-10-9-14(17)18/h5-8H,3-4,9-11H2,1-2H3. The van der Waals surface area contributed by atoms with Crippen LogP contribution in [0.25, 0.3) is 0 Å². The highest BCUT2D eigenvalue weighted by molar-refractivity contribution is 7.99. The van der Waals surface area contributed by atoms with E-state index in [4.69, 9.17) is 0 Å². The van der Waals surface area contributed by atoms with Crippen LogP contribution < -0.4 is 4.90 Å². The molecule has 0 saturated carbocycles. The number of carbonyl (C=O) groups is 2. The van der Waals surface area contributed by atoms with Crippen molar-refractivity contribution >= 4 is 29.3 Å². The SMILES string of the molecule is CCN(CC)C(=O)CN1C(=O)CCSc2ccccc21. The van der Waals surface area contributed by atoms with Gasteiger partial charge in [0.25, 0.3) is 0 Å². The first-order valence-electron chi connectivity index (χ1n) is 6.97. The van der Waals surface area contributed by atoms with E-state index < -0.39 is 0 Å². The smallest absolute Gasteiger partial charge is 0.242 e. The number of carbonyl (C=O) groups excluding carboxylic acids is 2. The molecule has 1 aliphatic heterocycles. The molecule has 2 rings (SSSR count). The number of thioether (sulfide) groups is 1. The number of nitrogens with zero attached hydrogens (tertiary/aromatic N) is 2. The van der Waals surface area contributed by atoms with Gasteiger partial charge in [-0.2, -0.15) is 0 Å². The number of benzene rings is 1. The largest absolute Gasteiger partial charge is 0.342 e. The highest BCUT2D eigenvalue weighted by atomic mass is 32.2. The fourth-order valence-electron chi connectivity index (χ4n) is 2.30. The maximum absolute atomic E-state index is 12.3. The van der Waals surface area contributed by atoms with Crippen molar-refractivity contribution < 1.29 is 9.59 Å². The third-order valence-corrected chi connectivity index (χ3v) is 4.50. The van der Waals surface area contributed by atoms with Crippen LogP contribution in [0.2, 0.25) is 0 Å². The second kappa shape index (κ2) is 6.79. The molecule has 1 aromatic rings. The highest BCUT2D eigenvalue weighted by Crippen LogP contribution is 2.33. The molecule has 0 atom stereocenters. The van der Waals surface area contributed by atoms with E-state index in [2.05, 4.69) is 0 Å². The topological polar surface area (TPSA) is 40.6 Å². The molecule has 20 heavy (non-hydrogen) atoms. The zero-order valence-corrected chi connectivity index (χ0v) is 12.8. The quantitative estimate of drug-likeness (QED) is 0.855. The van der Waals surface area contributed by atoms with E-state index in [0.29, 0.717) is 19.5 Å². The fourth-order valence-corrected chi connectivity index (χ4v) is 3.30. The van der Waals surface area contributed by atoms with E-state index >= 15 is 0 Å². The summed E-state index contributed by atoms with van der Waals surface area (Å²) in [6, 6.07) is 7.80. The number of rotatable bonds is 4. The molecule has 4 nitrogen and oxygen atoms in total. The summed E-state index contributed by atoms with van der Waals surface area (Å²) in [6.45, 7) is 5.39. The molecular weight excluding hydrogens is 272 g/mol. The van der Waals surface area contributed by atoms with Crippen molar-refractivity contribution in [3.63, 3.8) is 0 Å². The van der Waals surface area contributed by atoms with Crippen LogP contribution >= 0.6 is 11.8 Å². The molecule has 1 aliphatic rings. The normalized spacial score (nSPS) is 14.7. The van der Waals surface area contributed by atoms with Gasteiger partial charge >= 0.3 is 0 Å². The van der Waals surface area contributed by atoms with Crippen molar-refractivity contribution in [3.8, 4) is 0 Å². The van der Waals surface area contributed by atoms with Gasteiger partial charge in [-0.3, -0.25) is 9.59 Å². The molecule has 0 unspecified atom stereocenters. The van der Waals surface area contributed by atoms with Gasteiger partial charge in [-0.1, -0.05) is 12.1 Å². The molecule has 0 aromatic heterocycles. The molecule has 0 spiro atoms. The van der Waals surface area contributed by atoms with E-state index in [-0.39, 0.29) is 18.4 Å².